The summed E-state index contributed by atoms with van der Waals surface area (Å²) in [4.78, 5) is 16.3. The number of aryl methyl sites for hydroxylation is 1. The fraction of sp³-hybridized carbons (Fsp3) is 0.333. The van der Waals surface area contributed by atoms with Crippen molar-refractivity contribution in [1.29, 1.82) is 0 Å². The average Bonchev–Trinajstić information content (AvgIpc) is 2.71. The molecule has 2 aliphatic rings. The molecular formula is C15H14ClNO2. The minimum Gasteiger partial charge on any atom is -0.404 e. The molecule has 0 N–H and O–H groups in total. The molecule has 0 atom stereocenters. The van der Waals surface area contributed by atoms with Gasteiger partial charge in [0.2, 0.25) is 5.90 Å². The van der Waals surface area contributed by atoms with Gasteiger partial charge >= 0.3 is 5.97 Å². The molecule has 98 valence electrons. The number of rotatable bonds is 1. The molecule has 0 saturated heterocycles. The van der Waals surface area contributed by atoms with Crippen molar-refractivity contribution in [2.45, 2.75) is 32.6 Å². The largest absolute Gasteiger partial charge is 0.404 e. The summed E-state index contributed by atoms with van der Waals surface area (Å²) < 4.78 is 5.30. The number of ether oxygens (including phenoxy) is 1. The summed E-state index contributed by atoms with van der Waals surface area (Å²) in [6.45, 7) is 1.94. The van der Waals surface area contributed by atoms with Crippen LogP contribution in [0.25, 0.3) is 0 Å². The van der Waals surface area contributed by atoms with Gasteiger partial charge in [0.15, 0.2) is 0 Å². The van der Waals surface area contributed by atoms with Gasteiger partial charge in [0.25, 0.3) is 0 Å². The van der Waals surface area contributed by atoms with Crippen LogP contribution in [0.3, 0.4) is 0 Å². The van der Waals surface area contributed by atoms with E-state index in [2.05, 4.69) is 4.99 Å². The number of hydrogen-bond donors (Lipinski definition) is 0. The molecule has 0 fully saturated rings. The first-order valence-corrected chi connectivity index (χ1v) is 6.82. The molecule has 0 unspecified atom stereocenters. The van der Waals surface area contributed by atoms with Crippen LogP contribution in [0.5, 0.6) is 0 Å². The van der Waals surface area contributed by atoms with Crippen molar-refractivity contribution in [3.8, 4) is 0 Å². The van der Waals surface area contributed by atoms with Gasteiger partial charge in [0.05, 0.1) is 5.69 Å². The summed E-state index contributed by atoms with van der Waals surface area (Å²) in [5.74, 6) is 0.255. The normalized spacial score (nSPS) is 20.7. The van der Waals surface area contributed by atoms with Crippen molar-refractivity contribution in [3.05, 3.63) is 39.9 Å². The molecule has 1 aromatic carbocycles. The number of esters is 1. The van der Waals surface area contributed by atoms with Crippen molar-refractivity contribution in [3.63, 3.8) is 0 Å². The van der Waals surface area contributed by atoms with E-state index in [-0.39, 0.29) is 5.97 Å². The van der Waals surface area contributed by atoms with E-state index in [9.17, 15) is 4.79 Å². The Hall–Kier alpha value is -1.61. The Morgan fingerprint density at radius 2 is 1.95 bits per heavy atom. The zero-order chi connectivity index (χ0) is 13.4. The van der Waals surface area contributed by atoms with Crippen molar-refractivity contribution in [1.82, 2.24) is 0 Å². The van der Waals surface area contributed by atoms with Crippen LogP contribution in [0.1, 0.15) is 31.2 Å². The summed E-state index contributed by atoms with van der Waals surface area (Å²) in [6.07, 6.45) is 3.84. The molecule has 1 aliphatic carbocycles. The quantitative estimate of drug-likeness (QED) is 0.724. The van der Waals surface area contributed by atoms with Gasteiger partial charge in [0, 0.05) is 16.2 Å². The molecule has 3 nitrogen and oxygen atoms in total. The predicted octanol–water partition coefficient (Wildman–Crippen LogP) is 4.11. The van der Waals surface area contributed by atoms with Crippen molar-refractivity contribution >= 4 is 29.2 Å². The minimum absolute atomic E-state index is 0.222. The number of halogens is 1. The van der Waals surface area contributed by atoms with E-state index in [1.807, 2.05) is 19.1 Å². The molecule has 4 heteroatoms. The highest BCUT2D eigenvalue weighted by molar-refractivity contribution is 6.30. The van der Waals surface area contributed by atoms with Crippen molar-refractivity contribution < 1.29 is 9.53 Å². The Labute approximate surface area is 116 Å². The molecule has 0 saturated carbocycles. The maximum atomic E-state index is 11.8. The molecule has 3 rings (SSSR count). The van der Waals surface area contributed by atoms with Crippen LogP contribution in [-0.2, 0) is 9.53 Å². The first-order chi connectivity index (χ1) is 9.15. The maximum Gasteiger partial charge on any atom is 0.341 e. The summed E-state index contributed by atoms with van der Waals surface area (Å²) in [6, 6.07) is 5.49. The average molecular weight is 276 g/mol. The molecule has 1 aliphatic heterocycles. The molecule has 0 bridgehead atoms. The Morgan fingerprint density at radius 1 is 1.21 bits per heavy atom. The summed E-state index contributed by atoms with van der Waals surface area (Å²) in [5.41, 5.74) is 3.58. The van der Waals surface area contributed by atoms with E-state index >= 15 is 0 Å². The number of aliphatic imine (C=N–C) groups is 1. The lowest BCUT2D eigenvalue weighted by atomic mass is 9.93. The van der Waals surface area contributed by atoms with Crippen LogP contribution in [0.4, 0.5) is 5.69 Å². The van der Waals surface area contributed by atoms with E-state index in [0.717, 1.165) is 48.1 Å². The highest BCUT2D eigenvalue weighted by Crippen LogP contribution is 2.33. The molecule has 0 amide bonds. The highest BCUT2D eigenvalue weighted by atomic mass is 35.5. The van der Waals surface area contributed by atoms with Gasteiger partial charge < -0.3 is 4.74 Å². The van der Waals surface area contributed by atoms with Gasteiger partial charge in [-0.1, -0.05) is 11.6 Å². The molecule has 0 aromatic heterocycles. The zero-order valence-corrected chi connectivity index (χ0v) is 11.5. The Balaban J connectivity index is 2.00. The monoisotopic (exact) mass is 275 g/mol. The predicted molar refractivity (Wildman–Crippen MR) is 74.9 cm³/mol. The zero-order valence-electron chi connectivity index (χ0n) is 10.7. The van der Waals surface area contributed by atoms with E-state index in [0.29, 0.717) is 10.9 Å². The number of carbonyl (C=O) groups is 1. The molecule has 19 heavy (non-hydrogen) atoms. The molecule has 1 aromatic rings. The van der Waals surface area contributed by atoms with Crippen LogP contribution in [0.2, 0.25) is 5.02 Å². The standard InChI is InChI=1S/C15H14ClNO2/c1-9-8-10(16)6-7-13(9)17-14-11-4-2-3-5-12(11)15(18)19-14/h6-8H,2-5H2,1H3. The van der Waals surface area contributed by atoms with E-state index in [4.69, 9.17) is 16.3 Å². The topological polar surface area (TPSA) is 38.7 Å². The fourth-order valence-electron chi connectivity index (χ4n) is 2.52. The first-order valence-electron chi connectivity index (χ1n) is 6.44. The molecule has 1 heterocycles. The van der Waals surface area contributed by atoms with Gasteiger partial charge in [0.1, 0.15) is 0 Å². The maximum absolute atomic E-state index is 11.8. The first kappa shape index (κ1) is 12.4. The Bertz CT molecular complexity index is 617. The third-order valence-corrected chi connectivity index (χ3v) is 3.78. The van der Waals surface area contributed by atoms with Gasteiger partial charge in [-0.15, -0.1) is 0 Å². The van der Waals surface area contributed by atoms with E-state index in [1.54, 1.807) is 6.07 Å². The second kappa shape index (κ2) is 4.82. The third kappa shape index (κ3) is 2.30. The second-order valence-electron chi connectivity index (χ2n) is 4.90. The van der Waals surface area contributed by atoms with Crippen LogP contribution in [0.15, 0.2) is 34.3 Å². The summed E-state index contributed by atoms with van der Waals surface area (Å²) in [7, 11) is 0. The van der Waals surface area contributed by atoms with Crippen LogP contribution < -0.4 is 0 Å². The Kier molecular flexibility index (Phi) is 3.15. The minimum atomic E-state index is -0.222. The van der Waals surface area contributed by atoms with Crippen LogP contribution in [-0.4, -0.2) is 11.9 Å². The van der Waals surface area contributed by atoms with Gasteiger partial charge in [-0.05, 0) is 56.4 Å². The Morgan fingerprint density at radius 3 is 2.68 bits per heavy atom. The number of cyclic esters (lactones) is 1. The SMILES string of the molecule is Cc1cc(Cl)ccc1N=C1OC(=O)C2=C1CCCC2. The van der Waals surface area contributed by atoms with E-state index in [1.165, 1.54) is 0 Å². The molecule has 0 radical (unpaired) electrons. The van der Waals surface area contributed by atoms with Crippen molar-refractivity contribution in [2.75, 3.05) is 0 Å². The van der Waals surface area contributed by atoms with Gasteiger partial charge in [-0.2, -0.15) is 0 Å². The molecular weight excluding hydrogens is 262 g/mol. The van der Waals surface area contributed by atoms with Gasteiger partial charge in [-0.3, -0.25) is 0 Å². The highest BCUT2D eigenvalue weighted by Gasteiger charge is 2.32. The van der Waals surface area contributed by atoms with Gasteiger partial charge in [-0.25, -0.2) is 9.79 Å². The lowest BCUT2D eigenvalue weighted by Gasteiger charge is -2.09. The fourth-order valence-corrected chi connectivity index (χ4v) is 2.75. The summed E-state index contributed by atoms with van der Waals surface area (Å²) >= 11 is 5.92. The number of nitrogens with zero attached hydrogens (tertiary/aromatic N) is 1. The lowest BCUT2D eigenvalue weighted by molar-refractivity contribution is -0.130. The van der Waals surface area contributed by atoms with E-state index < -0.39 is 0 Å². The lowest BCUT2D eigenvalue weighted by Crippen LogP contribution is -2.03. The third-order valence-electron chi connectivity index (χ3n) is 3.54. The second-order valence-corrected chi connectivity index (χ2v) is 5.34. The number of carbonyl (C=O) groups excluding carboxylic acids is 1. The smallest absolute Gasteiger partial charge is 0.341 e. The summed E-state index contributed by atoms with van der Waals surface area (Å²) in [5, 5.41) is 0.683. The number of benzene rings is 1. The van der Waals surface area contributed by atoms with Crippen LogP contribution in [0, 0.1) is 6.92 Å². The van der Waals surface area contributed by atoms with Crippen molar-refractivity contribution in [2.24, 2.45) is 4.99 Å². The van der Waals surface area contributed by atoms with Crippen LogP contribution >= 0.6 is 11.6 Å². The number of hydrogen-bond acceptors (Lipinski definition) is 3. The molecule has 0 spiro atoms.